The van der Waals surface area contributed by atoms with Gasteiger partial charge in [-0.3, -0.25) is 4.79 Å². The highest BCUT2D eigenvalue weighted by Crippen LogP contribution is 2.14. The van der Waals surface area contributed by atoms with Crippen LogP contribution in [-0.4, -0.2) is 31.2 Å². The van der Waals surface area contributed by atoms with E-state index in [0.29, 0.717) is 13.2 Å². The molecule has 0 radical (unpaired) electrons. The predicted molar refractivity (Wildman–Crippen MR) is 54.8 cm³/mol. The van der Waals surface area contributed by atoms with Gasteiger partial charge in [-0.05, 0) is 26.7 Å². The summed E-state index contributed by atoms with van der Waals surface area (Å²) in [5, 5.41) is 2.93. The second-order valence-electron chi connectivity index (χ2n) is 4.49. The summed E-state index contributed by atoms with van der Waals surface area (Å²) in [4.78, 5) is 11.7. The number of hydrogen-bond donors (Lipinski definition) is 2. The molecule has 0 aromatic heterocycles. The number of carbonyl (C=O) groups is 1. The van der Waals surface area contributed by atoms with Crippen molar-refractivity contribution in [2.24, 2.45) is 11.7 Å². The molecule has 82 valence electrons. The van der Waals surface area contributed by atoms with Crippen molar-refractivity contribution in [3.8, 4) is 0 Å². The topological polar surface area (TPSA) is 64.3 Å². The van der Waals surface area contributed by atoms with Crippen LogP contribution in [0.4, 0.5) is 0 Å². The van der Waals surface area contributed by atoms with Crippen molar-refractivity contribution in [3.05, 3.63) is 0 Å². The van der Waals surface area contributed by atoms with Gasteiger partial charge in [0.15, 0.2) is 0 Å². The number of rotatable bonds is 3. The van der Waals surface area contributed by atoms with Gasteiger partial charge in [-0.25, -0.2) is 0 Å². The minimum Gasteiger partial charge on any atom is -0.381 e. The molecule has 4 nitrogen and oxygen atoms in total. The standard InChI is InChI=1S/C10H20N2O2/c1-10(2,7-11)12-9(13)8-4-3-5-14-6-8/h8H,3-7,11H2,1-2H3,(H,12,13). The molecule has 1 saturated heterocycles. The summed E-state index contributed by atoms with van der Waals surface area (Å²) in [5.41, 5.74) is 5.23. The van der Waals surface area contributed by atoms with Crippen LogP contribution in [0.15, 0.2) is 0 Å². The molecule has 0 aliphatic carbocycles. The fraction of sp³-hybridized carbons (Fsp3) is 0.900. The molecule has 1 rings (SSSR count). The monoisotopic (exact) mass is 200 g/mol. The highest BCUT2D eigenvalue weighted by molar-refractivity contribution is 5.79. The SMILES string of the molecule is CC(C)(CN)NC(=O)C1CCCOC1. The van der Waals surface area contributed by atoms with E-state index in [-0.39, 0.29) is 17.4 Å². The molecule has 1 heterocycles. The number of amides is 1. The zero-order valence-corrected chi connectivity index (χ0v) is 9.01. The third-order valence-electron chi connectivity index (χ3n) is 2.50. The van der Waals surface area contributed by atoms with Gasteiger partial charge in [0.05, 0.1) is 12.5 Å². The van der Waals surface area contributed by atoms with Gasteiger partial charge in [-0.1, -0.05) is 0 Å². The molecule has 1 atom stereocenters. The highest BCUT2D eigenvalue weighted by Gasteiger charge is 2.26. The maximum Gasteiger partial charge on any atom is 0.225 e. The van der Waals surface area contributed by atoms with Gasteiger partial charge in [-0.15, -0.1) is 0 Å². The van der Waals surface area contributed by atoms with Gasteiger partial charge in [0, 0.05) is 18.7 Å². The first kappa shape index (κ1) is 11.5. The molecule has 0 aromatic carbocycles. The van der Waals surface area contributed by atoms with Crippen molar-refractivity contribution in [2.75, 3.05) is 19.8 Å². The van der Waals surface area contributed by atoms with Crippen LogP contribution in [0.1, 0.15) is 26.7 Å². The first-order valence-corrected chi connectivity index (χ1v) is 5.15. The summed E-state index contributed by atoms with van der Waals surface area (Å²) >= 11 is 0. The minimum absolute atomic E-state index is 0.00887. The smallest absolute Gasteiger partial charge is 0.225 e. The summed E-state index contributed by atoms with van der Waals surface area (Å²) in [6.45, 7) is 5.63. The summed E-state index contributed by atoms with van der Waals surface area (Å²) < 4.78 is 5.26. The Morgan fingerprint density at radius 2 is 2.36 bits per heavy atom. The Labute approximate surface area is 85.2 Å². The van der Waals surface area contributed by atoms with E-state index < -0.39 is 0 Å². The van der Waals surface area contributed by atoms with E-state index in [9.17, 15) is 4.79 Å². The number of nitrogens with two attached hydrogens (primary N) is 1. The first-order valence-electron chi connectivity index (χ1n) is 5.15. The molecule has 0 aromatic rings. The predicted octanol–water partition coefficient (Wildman–Crippen LogP) is 0.267. The van der Waals surface area contributed by atoms with Gasteiger partial charge in [0.25, 0.3) is 0 Å². The molecule has 1 aliphatic rings. The summed E-state index contributed by atoms with van der Waals surface area (Å²) in [6, 6.07) is 0. The van der Waals surface area contributed by atoms with Crippen LogP contribution in [0.5, 0.6) is 0 Å². The van der Waals surface area contributed by atoms with Crippen molar-refractivity contribution < 1.29 is 9.53 Å². The van der Waals surface area contributed by atoms with Crippen molar-refractivity contribution in [1.29, 1.82) is 0 Å². The zero-order chi connectivity index (χ0) is 10.6. The van der Waals surface area contributed by atoms with Gasteiger partial charge >= 0.3 is 0 Å². The van der Waals surface area contributed by atoms with Crippen LogP contribution in [0, 0.1) is 5.92 Å². The summed E-state index contributed by atoms with van der Waals surface area (Å²) in [7, 11) is 0. The normalized spacial score (nSPS) is 23.2. The van der Waals surface area contributed by atoms with E-state index >= 15 is 0 Å². The molecule has 14 heavy (non-hydrogen) atoms. The van der Waals surface area contributed by atoms with Crippen LogP contribution in [0.3, 0.4) is 0 Å². The van der Waals surface area contributed by atoms with E-state index in [2.05, 4.69) is 5.32 Å². The van der Waals surface area contributed by atoms with Crippen LogP contribution in [-0.2, 0) is 9.53 Å². The number of carbonyl (C=O) groups excluding carboxylic acids is 1. The van der Waals surface area contributed by atoms with Gasteiger partial charge < -0.3 is 15.8 Å². The van der Waals surface area contributed by atoms with E-state index in [0.717, 1.165) is 19.4 Å². The second kappa shape index (κ2) is 4.75. The fourth-order valence-electron chi connectivity index (χ4n) is 1.43. The van der Waals surface area contributed by atoms with Crippen molar-refractivity contribution in [1.82, 2.24) is 5.32 Å². The van der Waals surface area contributed by atoms with Gasteiger partial charge in [-0.2, -0.15) is 0 Å². The molecule has 1 amide bonds. The Bertz CT molecular complexity index is 198. The zero-order valence-electron chi connectivity index (χ0n) is 9.01. The maximum absolute atomic E-state index is 11.7. The maximum atomic E-state index is 11.7. The molecule has 0 bridgehead atoms. The lowest BCUT2D eigenvalue weighted by Gasteiger charge is -2.28. The molecular weight excluding hydrogens is 180 g/mol. The van der Waals surface area contributed by atoms with Crippen LogP contribution >= 0.6 is 0 Å². The molecule has 0 saturated carbocycles. The molecule has 3 N–H and O–H groups in total. The van der Waals surface area contributed by atoms with Gasteiger partial charge in [0.1, 0.15) is 0 Å². The fourth-order valence-corrected chi connectivity index (χ4v) is 1.43. The summed E-state index contributed by atoms with van der Waals surface area (Å²) in [5.74, 6) is 0.0784. The van der Waals surface area contributed by atoms with E-state index in [4.69, 9.17) is 10.5 Å². The second-order valence-corrected chi connectivity index (χ2v) is 4.49. The third kappa shape index (κ3) is 3.27. The minimum atomic E-state index is -0.311. The van der Waals surface area contributed by atoms with Crippen molar-refractivity contribution in [3.63, 3.8) is 0 Å². The average molecular weight is 200 g/mol. The van der Waals surface area contributed by atoms with E-state index in [1.165, 1.54) is 0 Å². The molecular formula is C10H20N2O2. The van der Waals surface area contributed by atoms with Crippen LogP contribution < -0.4 is 11.1 Å². The lowest BCUT2D eigenvalue weighted by Crippen LogP contribution is -2.51. The molecule has 1 aliphatic heterocycles. The third-order valence-corrected chi connectivity index (χ3v) is 2.50. The Morgan fingerprint density at radius 3 is 2.86 bits per heavy atom. The van der Waals surface area contributed by atoms with Crippen molar-refractivity contribution >= 4 is 5.91 Å². The van der Waals surface area contributed by atoms with E-state index in [1.807, 2.05) is 13.8 Å². The quantitative estimate of drug-likeness (QED) is 0.687. The van der Waals surface area contributed by atoms with Crippen LogP contribution in [0.2, 0.25) is 0 Å². The Balaban J connectivity index is 2.40. The molecule has 1 unspecified atom stereocenters. The molecule has 1 fully saturated rings. The Hall–Kier alpha value is -0.610. The van der Waals surface area contributed by atoms with E-state index in [1.54, 1.807) is 0 Å². The molecule has 0 spiro atoms. The number of ether oxygens (including phenoxy) is 1. The lowest BCUT2D eigenvalue weighted by atomic mass is 9.98. The number of hydrogen-bond acceptors (Lipinski definition) is 3. The largest absolute Gasteiger partial charge is 0.381 e. The van der Waals surface area contributed by atoms with Crippen LogP contribution in [0.25, 0.3) is 0 Å². The van der Waals surface area contributed by atoms with Gasteiger partial charge in [0.2, 0.25) is 5.91 Å². The number of nitrogens with one attached hydrogen (secondary N) is 1. The lowest BCUT2D eigenvalue weighted by molar-refractivity contribution is -0.130. The Morgan fingerprint density at radius 1 is 1.64 bits per heavy atom. The summed E-state index contributed by atoms with van der Waals surface area (Å²) in [6.07, 6.45) is 1.90. The average Bonchev–Trinajstić information content (AvgIpc) is 2.19. The van der Waals surface area contributed by atoms with Crippen molar-refractivity contribution in [2.45, 2.75) is 32.2 Å². The highest BCUT2D eigenvalue weighted by atomic mass is 16.5. The first-order chi connectivity index (χ1) is 6.55. The molecule has 4 heteroatoms. The Kier molecular flexibility index (Phi) is 3.89.